The highest BCUT2D eigenvalue weighted by molar-refractivity contribution is 5.81. The number of fused-ring (bicyclic) bond motifs is 1. The Hall–Kier alpha value is -3.52. The maximum atomic E-state index is 15.2. The van der Waals surface area contributed by atoms with Gasteiger partial charge in [0.05, 0.1) is 5.92 Å². The second-order valence-corrected chi connectivity index (χ2v) is 10.9. The first-order valence-electron chi connectivity index (χ1n) is 13.6. The van der Waals surface area contributed by atoms with Crippen molar-refractivity contribution in [2.75, 3.05) is 31.1 Å². The lowest BCUT2D eigenvalue weighted by Crippen LogP contribution is -2.48. The average Bonchev–Trinajstić information content (AvgIpc) is 3.72. The monoisotopic (exact) mass is 515 g/mol. The lowest BCUT2D eigenvalue weighted by Gasteiger charge is -2.36. The molecule has 4 heterocycles. The molecule has 0 bridgehead atoms. The molecule has 3 unspecified atom stereocenters. The number of halogens is 1. The van der Waals surface area contributed by atoms with Gasteiger partial charge < -0.3 is 19.7 Å². The fourth-order valence-corrected chi connectivity index (χ4v) is 6.24. The van der Waals surface area contributed by atoms with E-state index in [4.69, 9.17) is 0 Å². The van der Waals surface area contributed by atoms with Crippen LogP contribution in [0.3, 0.4) is 0 Å². The molecule has 8 heteroatoms. The molecule has 1 N–H and O–H groups in total. The molecule has 2 aliphatic heterocycles. The number of piperidine rings is 1. The van der Waals surface area contributed by atoms with Crippen molar-refractivity contribution in [3.8, 4) is 0 Å². The standard InChI is InChI=1S/C30H34FN5O2/c1-34-13-10-21(14-28(34)37)24-9-12-33-16-25(24)30(38)36(23-7-8-23)19-22-18-35(17-20-4-3-11-32-15-20)27-6-2-5-26(31)29(22)27/h2-6,10-11,13-15,22-25,33H,7-9,12,16-19H2,1H3. The van der Waals surface area contributed by atoms with Crippen molar-refractivity contribution in [2.45, 2.75) is 43.7 Å². The topological polar surface area (TPSA) is 70.5 Å². The molecule has 3 aromatic rings. The van der Waals surface area contributed by atoms with Gasteiger partial charge in [-0.15, -0.1) is 0 Å². The normalized spacial score (nSPS) is 22.8. The Labute approximate surface area is 222 Å². The van der Waals surface area contributed by atoms with Gasteiger partial charge in [-0.3, -0.25) is 14.6 Å². The summed E-state index contributed by atoms with van der Waals surface area (Å²) in [5.41, 5.74) is 3.56. The van der Waals surface area contributed by atoms with E-state index in [9.17, 15) is 9.59 Å². The minimum absolute atomic E-state index is 0.00594. The van der Waals surface area contributed by atoms with Crippen LogP contribution in [0, 0.1) is 11.7 Å². The molecule has 1 saturated heterocycles. The molecule has 1 amide bonds. The first-order valence-corrected chi connectivity index (χ1v) is 13.6. The number of aryl methyl sites for hydroxylation is 1. The molecule has 0 spiro atoms. The van der Waals surface area contributed by atoms with Crippen LogP contribution in [0.4, 0.5) is 10.1 Å². The maximum Gasteiger partial charge on any atom is 0.250 e. The number of hydrogen-bond acceptors (Lipinski definition) is 5. The number of carbonyl (C=O) groups is 1. The summed E-state index contributed by atoms with van der Waals surface area (Å²) < 4.78 is 16.8. The molecule has 38 heavy (non-hydrogen) atoms. The zero-order chi connectivity index (χ0) is 26.2. The van der Waals surface area contributed by atoms with E-state index in [0.29, 0.717) is 31.7 Å². The van der Waals surface area contributed by atoms with Crippen LogP contribution in [0.2, 0.25) is 0 Å². The number of hydrogen-bond donors (Lipinski definition) is 1. The Balaban J connectivity index is 1.26. The highest BCUT2D eigenvalue weighted by Gasteiger charge is 2.43. The quantitative estimate of drug-likeness (QED) is 0.522. The van der Waals surface area contributed by atoms with Crippen molar-refractivity contribution in [3.63, 3.8) is 0 Å². The van der Waals surface area contributed by atoms with Crippen LogP contribution in [-0.4, -0.2) is 52.6 Å². The summed E-state index contributed by atoms with van der Waals surface area (Å²) in [6.07, 6.45) is 8.16. The number of nitrogens with zero attached hydrogens (tertiary/aromatic N) is 4. The van der Waals surface area contributed by atoms with Crippen molar-refractivity contribution in [1.29, 1.82) is 0 Å². The van der Waals surface area contributed by atoms with Gasteiger partial charge in [0.2, 0.25) is 5.91 Å². The van der Waals surface area contributed by atoms with E-state index in [1.165, 1.54) is 6.07 Å². The number of amides is 1. The Morgan fingerprint density at radius 2 is 2.05 bits per heavy atom. The zero-order valence-electron chi connectivity index (χ0n) is 21.7. The third-order valence-corrected chi connectivity index (χ3v) is 8.36. The molecular weight excluding hydrogens is 481 g/mol. The van der Waals surface area contributed by atoms with Crippen molar-refractivity contribution in [1.82, 2.24) is 19.8 Å². The van der Waals surface area contributed by atoms with E-state index >= 15 is 4.39 Å². The average molecular weight is 516 g/mol. The number of anilines is 1. The van der Waals surface area contributed by atoms with E-state index < -0.39 is 0 Å². The summed E-state index contributed by atoms with van der Waals surface area (Å²) in [6, 6.07) is 13.1. The van der Waals surface area contributed by atoms with Gasteiger partial charge in [-0.1, -0.05) is 12.1 Å². The first-order chi connectivity index (χ1) is 18.5. The van der Waals surface area contributed by atoms with Crippen LogP contribution in [0.25, 0.3) is 0 Å². The predicted octanol–water partition coefficient (Wildman–Crippen LogP) is 3.41. The van der Waals surface area contributed by atoms with Gasteiger partial charge in [-0.25, -0.2) is 4.39 Å². The summed E-state index contributed by atoms with van der Waals surface area (Å²) >= 11 is 0. The van der Waals surface area contributed by atoms with Crippen molar-refractivity contribution in [3.05, 3.63) is 93.9 Å². The first kappa shape index (κ1) is 24.8. The van der Waals surface area contributed by atoms with E-state index in [2.05, 4.69) is 15.2 Å². The van der Waals surface area contributed by atoms with Gasteiger partial charge in [-0.2, -0.15) is 0 Å². The highest BCUT2D eigenvalue weighted by Crippen LogP contribution is 2.42. The Kier molecular flexibility index (Phi) is 6.74. The lowest BCUT2D eigenvalue weighted by molar-refractivity contribution is -0.137. The molecule has 1 saturated carbocycles. The van der Waals surface area contributed by atoms with Crippen molar-refractivity contribution >= 4 is 11.6 Å². The number of aromatic nitrogens is 2. The molecule has 7 nitrogen and oxygen atoms in total. The molecule has 0 radical (unpaired) electrons. The predicted molar refractivity (Wildman–Crippen MR) is 145 cm³/mol. The van der Waals surface area contributed by atoms with Crippen LogP contribution < -0.4 is 15.8 Å². The van der Waals surface area contributed by atoms with Crippen LogP contribution in [0.1, 0.15) is 47.8 Å². The number of nitrogens with one attached hydrogen (secondary N) is 1. The second-order valence-electron chi connectivity index (χ2n) is 10.9. The van der Waals surface area contributed by atoms with Crippen LogP contribution in [-0.2, 0) is 18.4 Å². The summed E-state index contributed by atoms with van der Waals surface area (Å²) in [6.45, 7) is 3.21. The molecule has 1 aliphatic carbocycles. The lowest BCUT2D eigenvalue weighted by atomic mass is 9.80. The molecule has 3 aliphatic rings. The SMILES string of the molecule is Cn1ccc(C2CCNCC2C(=O)N(CC2CN(Cc3cccnc3)c3cccc(F)c32)C2CC2)cc1=O. The Morgan fingerprint density at radius 3 is 2.82 bits per heavy atom. The minimum atomic E-state index is -0.246. The Bertz CT molecular complexity index is 1370. The zero-order valence-corrected chi connectivity index (χ0v) is 21.7. The van der Waals surface area contributed by atoms with E-state index in [-0.39, 0.29) is 41.1 Å². The summed E-state index contributed by atoms with van der Waals surface area (Å²) in [5, 5.41) is 3.40. The van der Waals surface area contributed by atoms with Gasteiger partial charge in [0, 0.05) is 81.1 Å². The van der Waals surface area contributed by atoms with Crippen LogP contribution in [0.5, 0.6) is 0 Å². The molecule has 198 valence electrons. The largest absolute Gasteiger partial charge is 0.366 e. The summed E-state index contributed by atoms with van der Waals surface area (Å²) in [7, 11) is 1.74. The number of benzene rings is 1. The van der Waals surface area contributed by atoms with Gasteiger partial charge in [-0.05, 0) is 67.1 Å². The molecule has 3 atom stereocenters. The van der Waals surface area contributed by atoms with E-state index in [1.807, 2.05) is 35.4 Å². The maximum absolute atomic E-state index is 15.2. The third kappa shape index (κ3) is 4.85. The fourth-order valence-electron chi connectivity index (χ4n) is 6.24. The van der Waals surface area contributed by atoms with Crippen molar-refractivity contribution in [2.24, 2.45) is 13.0 Å². The van der Waals surface area contributed by atoms with E-state index in [1.54, 1.807) is 36.1 Å². The molecule has 2 fully saturated rings. The molecule has 1 aromatic carbocycles. The molecule has 6 rings (SSSR count). The summed E-state index contributed by atoms with van der Waals surface area (Å²) in [5.74, 6) is -0.444. The van der Waals surface area contributed by atoms with Crippen LogP contribution in [0.15, 0.2) is 65.8 Å². The second kappa shape index (κ2) is 10.3. The molecular formula is C30H34FN5O2. The number of pyridine rings is 2. The number of rotatable bonds is 7. The fraction of sp³-hybridized carbons (Fsp3) is 0.433. The summed E-state index contributed by atoms with van der Waals surface area (Å²) in [4.78, 5) is 35.0. The highest BCUT2D eigenvalue weighted by atomic mass is 19.1. The Morgan fingerprint density at radius 1 is 1.18 bits per heavy atom. The smallest absolute Gasteiger partial charge is 0.250 e. The number of carbonyl (C=O) groups excluding carboxylic acids is 1. The van der Waals surface area contributed by atoms with Gasteiger partial charge in [0.1, 0.15) is 5.82 Å². The van der Waals surface area contributed by atoms with Gasteiger partial charge >= 0.3 is 0 Å². The van der Waals surface area contributed by atoms with Gasteiger partial charge in [0.25, 0.3) is 5.56 Å². The van der Waals surface area contributed by atoms with Gasteiger partial charge in [0.15, 0.2) is 0 Å². The van der Waals surface area contributed by atoms with E-state index in [0.717, 1.165) is 42.6 Å². The molecule has 2 aromatic heterocycles. The minimum Gasteiger partial charge on any atom is -0.366 e. The van der Waals surface area contributed by atoms with Crippen LogP contribution >= 0.6 is 0 Å². The third-order valence-electron chi connectivity index (χ3n) is 8.36. The van der Waals surface area contributed by atoms with Crippen molar-refractivity contribution < 1.29 is 9.18 Å².